The van der Waals surface area contributed by atoms with E-state index in [2.05, 4.69) is 34.3 Å². The summed E-state index contributed by atoms with van der Waals surface area (Å²) in [4.78, 5) is 19.7. The Hall–Kier alpha value is -2.47. The third-order valence-corrected chi connectivity index (χ3v) is 5.86. The van der Waals surface area contributed by atoms with Crippen molar-refractivity contribution in [1.29, 1.82) is 0 Å². The fourth-order valence-corrected chi connectivity index (χ4v) is 4.28. The summed E-state index contributed by atoms with van der Waals surface area (Å²) in [6, 6.07) is 10.4. The van der Waals surface area contributed by atoms with Crippen LogP contribution in [0.15, 0.2) is 41.9 Å². The van der Waals surface area contributed by atoms with Crippen LogP contribution in [0, 0.1) is 6.92 Å². The molecule has 0 saturated heterocycles. The standard InChI is InChI=1S/C20H22N4OS/c1-14-12-17(22-23(14)2)20(25)24(13-19-21-10-11-26-19)18-9-5-7-15-6-3-4-8-16(15)18/h3-4,6,8,10-12,18H,5,7,9,13H2,1-2H3. The normalized spacial score (nSPS) is 16.3. The SMILES string of the molecule is Cc1cc(C(=O)N(Cc2nccs2)C2CCCc3ccccc32)nn1C. The summed E-state index contributed by atoms with van der Waals surface area (Å²) in [6.07, 6.45) is 4.93. The maximum absolute atomic E-state index is 13.4. The van der Waals surface area contributed by atoms with Crippen LogP contribution in [0.2, 0.25) is 0 Å². The molecule has 5 nitrogen and oxygen atoms in total. The first kappa shape index (κ1) is 17.0. The van der Waals surface area contributed by atoms with Crippen molar-refractivity contribution in [3.63, 3.8) is 0 Å². The minimum atomic E-state index is -0.0226. The molecular formula is C20H22N4OS. The van der Waals surface area contributed by atoms with E-state index in [4.69, 9.17) is 0 Å². The van der Waals surface area contributed by atoms with E-state index >= 15 is 0 Å². The molecule has 1 aliphatic rings. The fourth-order valence-electron chi connectivity index (χ4n) is 3.66. The lowest BCUT2D eigenvalue weighted by Gasteiger charge is -2.35. The van der Waals surface area contributed by atoms with Gasteiger partial charge in [-0.05, 0) is 43.4 Å². The van der Waals surface area contributed by atoms with Crippen molar-refractivity contribution in [3.8, 4) is 0 Å². The third-order valence-electron chi connectivity index (χ3n) is 5.10. The number of hydrogen-bond acceptors (Lipinski definition) is 4. The summed E-state index contributed by atoms with van der Waals surface area (Å²) in [6.45, 7) is 2.48. The van der Waals surface area contributed by atoms with Gasteiger partial charge in [0, 0.05) is 24.3 Å². The average Bonchev–Trinajstić information content (AvgIpc) is 3.29. The van der Waals surface area contributed by atoms with E-state index < -0.39 is 0 Å². The predicted octanol–water partition coefficient (Wildman–Crippen LogP) is 3.91. The first-order valence-corrected chi connectivity index (χ1v) is 9.79. The maximum atomic E-state index is 13.4. The van der Waals surface area contributed by atoms with Crippen molar-refractivity contribution in [2.75, 3.05) is 0 Å². The van der Waals surface area contributed by atoms with Gasteiger partial charge < -0.3 is 4.90 Å². The van der Waals surface area contributed by atoms with Crippen molar-refractivity contribution in [1.82, 2.24) is 19.7 Å². The molecule has 1 amide bonds. The van der Waals surface area contributed by atoms with Gasteiger partial charge in [-0.3, -0.25) is 9.48 Å². The number of carbonyl (C=O) groups excluding carboxylic acids is 1. The van der Waals surface area contributed by atoms with Gasteiger partial charge in [-0.1, -0.05) is 24.3 Å². The number of aryl methyl sites for hydroxylation is 3. The highest BCUT2D eigenvalue weighted by Crippen LogP contribution is 2.36. The van der Waals surface area contributed by atoms with Gasteiger partial charge in [0.25, 0.3) is 5.91 Å². The Bertz CT molecular complexity index is 896. The predicted molar refractivity (Wildman–Crippen MR) is 102 cm³/mol. The van der Waals surface area contributed by atoms with E-state index in [1.54, 1.807) is 22.2 Å². The number of benzene rings is 1. The molecule has 1 unspecified atom stereocenters. The summed E-state index contributed by atoms with van der Waals surface area (Å²) in [5.74, 6) is -0.0226. The number of amides is 1. The topological polar surface area (TPSA) is 51.0 Å². The van der Waals surface area contributed by atoms with Crippen molar-refractivity contribution >= 4 is 17.2 Å². The molecule has 1 aromatic carbocycles. The molecular weight excluding hydrogens is 344 g/mol. The van der Waals surface area contributed by atoms with Gasteiger partial charge in [0.1, 0.15) is 5.01 Å². The highest BCUT2D eigenvalue weighted by atomic mass is 32.1. The summed E-state index contributed by atoms with van der Waals surface area (Å²) < 4.78 is 1.75. The van der Waals surface area contributed by atoms with Crippen LogP contribution in [0.3, 0.4) is 0 Å². The highest BCUT2D eigenvalue weighted by molar-refractivity contribution is 7.09. The number of carbonyl (C=O) groups is 1. The van der Waals surface area contributed by atoms with Gasteiger partial charge in [-0.15, -0.1) is 11.3 Å². The molecule has 2 heterocycles. The highest BCUT2D eigenvalue weighted by Gasteiger charge is 2.31. The second-order valence-electron chi connectivity index (χ2n) is 6.76. The van der Waals surface area contributed by atoms with Crippen molar-refractivity contribution in [2.45, 2.75) is 38.8 Å². The summed E-state index contributed by atoms with van der Waals surface area (Å²) in [5, 5.41) is 7.33. The molecule has 0 spiro atoms. The second kappa shape index (κ2) is 7.03. The van der Waals surface area contributed by atoms with E-state index in [1.165, 1.54) is 11.1 Å². The van der Waals surface area contributed by atoms with Gasteiger partial charge in [0.15, 0.2) is 5.69 Å². The van der Waals surface area contributed by atoms with Crippen LogP contribution in [-0.2, 0) is 20.0 Å². The Morgan fingerprint density at radius 2 is 2.23 bits per heavy atom. The smallest absolute Gasteiger partial charge is 0.275 e. The molecule has 0 fully saturated rings. The number of fused-ring (bicyclic) bond motifs is 1. The van der Waals surface area contributed by atoms with Gasteiger partial charge in [0.05, 0.1) is 12.6 Å². The van der Waals surface area contributed by atoms with Gasteiger partial charge in [-0.2, -0.15) is 5.10 Å². The lowest BCUT2D eigenvalue weighted by Crippen LogP contribution is -2.36. The molecule has 0 bridgehead atoms. The van der Waals surface area contributed by atoms with Crippen LogP contribution in [-0.4, -0.2) is 25.6 Å². The Morgan fingerprint density at radius 1 is 1.38 bits per heavy atom. The molecule has 1 atom stereocenters. The number of rotatable bonds is 4. The van der Waals surface area contributed by atoms with E-state index in [0.29, 0.717) is 12.2 Å². The first-order valence-electron chi connectivity index (χ1n) is 8.91. The molecule has 3 aromatic rings. The molecule has 6 heteroatoms. The second-order valence-corrected chi connectivity index (χ2v) is 7.74. The Balaban J connectivity index is 1.73. The number of aromatic nitrogens is 3. The zero-order chi connectivity index (χ0) is 18.1. The number of nitrogens with zero attached hydrogens (tertiary/aromatic N) is 4. The quantitative estimate of drug-likeness (QED) is 0.703. The van der Waals surface area contributed by atoms with Crippen LogP contribution in [0.4, 0.5) is 0 Å². The molecule has 0 radical (unpaired) electrons. The van der Waals surface area contributed by atoms with Crippen molar-refractivity contribution in [2.24, 2.45) is 7.05 Å². The largest absolute Gasteiger partial charge is 0.323 e. The van der Waals surface area contributed by atoms with E-state index in [-0.39, 0.29) is 11.9 Å². The van der Waals surface area contributed by atoms with Gasteiger partial charge >= 0.3 is 0 Å². The summed E-state index contributed by atoms with van der Waals surface area (Å²) in [5.41, 5.74) is 4.09. The monoisotopic (exact) mass is 366 g/mol. The van der Waals surface area contributed by atoms with Crippen molar-refractivity contribution in [3.05, 3.63) is 69.4 Å². The van der Waals surface area contributed by atoms with E-state index in [9.17, 15) is 4.79 Å². The third kappa shape index (κ3) is 3.17. The van der Waals surface area contributed by atoms with E-state index in [1.807, 2.05) is 30.3 Å². The van der Waals surface area contributed by atoms with Crippen LogP contribution in [0.25, 0.3) is 0 Å². The lowest BCUT2D eigenvalue weighted by atomic mass is 9.86. The van der Waals surface area contributed by atoms with Gasteiger partial charge in [0.2, 0.25) is 0 Å². The Kier molecular flexibility index (Phi) is 4.59. The zero-order valence-corrected chi connectivity index (χ0v) is 15.9. The number of hydrogen-bond donors (Lipinski definition) is 0. The van der Waals surface area contributed by atoms with Crippen molar-refractivity contribution < 1.29 is 4.79 Å². The molecule has 134 valence electrons. The summed E-state index contributed by atoms with van der Waals surface area (Å²) >= 11 is 1.59. The fraction of sp³-hybridized carbons (Fsp3) is 0.350. The molecule has 2 aromatic heterocycles. The van der Waals surface area contributed by atoms with Crippen LogP contribution in [0.5, 0.6) is 0 Å². The van der Waals surface area contributed by atoms with Gasteiger partial charge in [-0.25, -0.2) is 4.98 Å². The maximum Gasteiger partial charge on any atom is 0.275 e. The minimum Gasteiger partial charge on any atom is -0.323 e. The Labute approximate surface area is 157 Å². The summed E-state index contributed by atoms with van der Waals surface area (Å²) in [7, 11) is 1.87. The average molecular weight is 366 g/mol. The van der Waals surface area contributed by atoms with Crippen LogP contribution >= 0.6 is 11.3 Å². The molecule has 0 N–H and O–H groups in total. The Morgan fingerprint density at radius 3 is 2.96 bits per heavy atom. The molecule has 1 aliphatic carbocycles. The molecule has 26 heavy (non-hydrogen) atoms. The number of thiazole rings is 1. The van der Waals surface area contributed by atoms with Crippen LogP contribution < -0.4 is 0 Å². The zero-order valence-electron chi connectivity index (χ0n) is 15.1. The molecule has 4 rings (SSSR count). The van der Waals surface area contributed by atoms with Crippen LogP contribution in [0.1, 0.15) is 51.2 Å². The first-order chi connectivity index (χ1) is 12.6. The minimum absolute atomic E-state index is 0.0226. The van der Waals surface area contributed by atoms with E-state index in [0.717, 1.165) is 30.0 Å². The lowest BCUT2D eigenvalue weighted by molar-refractivity contribution is 0.0631. The molecule has 0 aliphatic heterocycles. The molecule has 0 saturated carbocycles.